The van der Waals surface area contributed by atoms with E-state index >= 15 is 0 Å². The minimum atomic E-state index is -0.396. The molecular formula is C15H23NO2. The maximum absolute atomic E-state index is 10.4. The molecule has 0 aromatic carbocycles. The van der Waals surface area contributed by atoms with Gasteiger partial charge in [0.2, 0.25) is 0 Å². The van der Waals surface area contributed by atoms with Gasteiger partial charge in [-0.05, 0) is 37.2 Å². The summed E-state index contributed by atoms with van der Waals surface area (Å²) in [6, 6.07) is 1.93. The number of hydrogen-bond donors (Lipinski definition) is 1. The molecule has 2 rings (SSSR count). The Morgan fingerprint density at radius 1 is 1.44 bits per heavy atom. The highest BCUT2D eigenvalue weighted by atomic mass is 16.5. The zero-order valence-electron chi connectivity index (χ0n) is 11.3. The number of aromatic nitrogens is 1. The fraction of sp³-hybridized carbons (Fsp3) is 0.667. The SMILES string of the molecule is CCCOc1cncc(C(O)C2CCC(C)C2)c1. The summed E-state index contributed by atoms with van der Waals surface area (Å²) in [6.07, 6.45) is 7.50. The lowest BCUT2D eigenvalue weighted by Gasteiger charge is -2.18. The standard InChI is InChI=1S/C15H23NO2/c1-3-6-18-14-8-13(9-16-10-14)15(17)12-5-4-11(2)7-12/h8-12,15,17H,3-7H2,1-2H3. The highest BCUT2D eigenvalue weighted by Gasteiger charge is 2.28. The van der Waals surface area contributed by atoms with E-state index in [1.54, 1.807) is 12.4 Å². The molecule has 0 saturated heterocycles. The van der Waals surface area contributed by atoms with Gasteiger partial charge in [0.25, 0.3) is 0 Å². The first-order valence-electron chi connectivity index (χ1n) is 6.96. The van der Waals surface area contributed by atoms with Crippen LogP contribution in [0.4, 0.5) is 0 Å². The van der Waals surface area contributed by atoms with Crippen molar-refractivity contribution in [2.24, 2.45) is 11.8 Å². The summed E-state index contributed by atoms with van der Waals surface area (Å²) in [5.41, 5.74) is 0.891. The van der Waals surface area contributed by atoms with Crippen LogP contribution in [-0.2, 0) is 0 Å². The first-order chi connectivity index (χ1) is 8.70. The maximum atomic E-state index is 10.4. The van der Waals surface area contributed by atoms with Crippen molar-refractivity contribution in [1.82, 2.24) is 4.98 Å². The largest absolute Gasteiger partial charge is 0.492 e. The van der Waals surface area contributed by atoms with Gasteiger partial charge in [-0.3, -0.25) is 4.98 Å². The predicted octanol–water partition coefficient (Wildman–Crippen LogP) is 3.34. The molecule has 3 unspecified atom stereocenters. The Morgan fingerprint density at radius 2 is 2.28 bits per heavy atom. The Morgan fingerprint density at radius 3 is 2.94 bits per heavy atom. The molecule has 3 atom stereocenters. The Kier molecular flexibility index (Phi) is 4.59. The second-order valence-corrected chi connectivity index (χ2v) is 5.43. The molecule has 1 N–H and O–H groups in total. The van der Waals surface area contributed by atoms with Crippen LogP contribution in [0.15, 0.2) is 18.5 Å². The van der Waals surface area contributed by atoms with E-state index in [1.807, 2.05) is 6.07 Å². The summed E-state index contributed by atoms with van der Waals surface area (Å²) in [4.78, 5) is 4.16. The third-order valence-electron chi connectivity index (χ3n) is 3.73. The molecule has 1 aromatic heterocycles. The Bertz CT molecular complexity index is 381. The summed E-state index contributed by atoms with van der Waals surface area (Å²) in [6.45, 7) is 5.03. The number of hydrogen-bond acceptors (Lipinski definition) is 3. The summed E-state index contributed by atoms with van der Waals surface area (Å²) < 4.78 is 5.56. The van der Waals surface area contributed by atoms with Crippen LogP contribution in [0.2, 0.25) is 0 Å². The molecule has 0 amide bonds. The van der Waals surface area contributed by atoms with Crippen LogP contribution in [0.3, 0.4) is 0 Å². The number of pyridine rings is 1. The quantitative estimate of drug-likeness (QED) is 0.870. The van der Waals surface area contributed by atoms with Gasteiger partial charge in [0, 0.05) is 11.8 Å². The van der Waals surface area contributed by atoms with Gasteiger partial charge in [0.15, 0.2) is 0 Å². The molecule has 1 aliphatic rings. The highest BCUT2D eigenvalue weighted by Crippen LogP contribution is 2.39. The lowest BCUT2D eigenvalue weighted by Crippen LogP contribution is -2.10. The maximum Gasteiger partial charge on any atom is 0.137 e. The van der Waals surface area contributed by atoms with Gasteiger partial charge in [0.05, 0.1) is 18.9 Å². The van der Waals surface area contributed by atoms with Crippen LogP contribution in [0.25, 0.3) is 0 Å². The zero-order valence-corrected chi connectivity index (χ0v) is 11.3. The average Bonchev–Trinajstić information content (AvgIpc) is 2.82. The number of nitrogens with zero attached hydrogens (tertiary/aromatic N) is 1. The lowest BCUT2D eigenvalue weighted by molar-refractivity contribution is 0.109. The monoisotopic (exact) mass is 249 g/mol. The van der Waals surface area contributed by atoms with Crippen LogP contribution < -0.4 is 4.74 Å². The fourth-order valence-corrected chi connectivity index (χ4v) is 2.71. The third kappa shape index (κ3) is 3.22. The van der Waals surface area contributed by atoms with Crippen molar-refractivity contribution in [3.8, 4) is 5.75 Å². The van der Waals surface area contributed by atoms with Gasteiger partial charge in [-0.15, -0.1) is 0 Å². The van der Waals surface area contributed by atoms with Crippen LogP contribution in [0.1, 0.15) is 51.2 Å². The number of ether oxygens (including phenoxy) is 1. The van der Waals surface area contributed by atoms with Gasteiger partial charge in [-0.2, -0.15) is 0 Å². The van der Waals surface area contributed by atoms with Crippen molar-refractivity contribution in [2.45, 2.75) is 45.6 Å². The molecule has 0 aliphatic heterocycles. The van der Waals surface area contributed by atoms with Gasteiger partial charge in [0.1, 0.15) is 5.75 Å². The van der Waals surface area contributed by atoms with Crippen LogP contribution in [-0.4, -0.2) is 16.7 Å². The molecular weight excluding hydrogens is 226 g/mol. The van der Waals surface area contributed by atoms with Crippen molar-refractivity contribution < 1.29 is 9.84 Å². The van der Waals surface area contributed by atoms with E-state index < -0.39 is 6.10 Å². The number of aliphatic hydroxyl groups excluding tert-OH is 1. The van der Waals surface area contributed by atoms with E-state index in [2.05, 4.69) is 18.8 Å². The molecule has 0 spiro atoms. The Labute approximate surface area is 109 Å². The van der Waals surface area contributed by atoms with E-state index in [0.717, 1.165) is 36.5 Å². The Balaban J connectivity index is 2.03. The third-order valence-corrected chi connectivity index (χ3v) is 3.73. The molecule has 3 nitrogen and oxygen atoms in total. The smallest absolute Gasteiger partial charge is 0.137 e. The first-order valence-corrected chi connectivity index (χ1v) is 6.96. The molecule has 1 saturated carbocycles. The zero-order chi connectivity index (χ0) is 13.0. The van der Waals surface area contributed by atoms with Crippen LogP contribution in [0.5, 0.6) is 5.75 Å². The van der Waals surface area contributed by atoms with E-state index in [1.165, 1.54) is 6.42 Å². The fourth-order valence-electron chi connectivity index (χ4n) is 2.71. The van der Waals surface area contributed by atoms with Crippen molar-refractivity contribution >= 4 is 0 Å². The van der Waals surface area contributed by atoms with Gasteiger partial charge >= 0.3 is 0 Å². The van der Waals surface area contributed by atoms with Crippen LogP contribution in [0, 0.1) is 11.8 Å². The van der Waals surface area contributed by atoms with Gasteiger partial charge in [-0.1, -0.05) is 20.3 Å². The number of rotatable bonds is 5. The second-order valence-electron chi connectivity index (χ2n) is 5.43. The van der Waals surface area contributed by atoms with E-state index in [9.17, 15) is 5.11 Å². The molecule has 18 heavy (non-hydrogen) atoms. The van der Waals surface area contributed by atoms with E-state index in [4.69, 9.17) is 4.74 Å². The lowest BCUT2D eigenvalue weighted by atomic mass is 9.94. The topological polar surface area (TPSA) is 42.4 Å². The van der Waals surface area contributed by atoms with E-state index in [0.29, 0.717) is 12.5 Å². The summed E-state index contributed by atoms with van der Waals surface area (Å²) in [5.74, 6) is 1.87. The average molecular weight is 249 g/mol. The molecule has 1 fully saturated rings. The molecule has 1 aliphatic carbocycles. The van der Waals surface area contributed by atoms with Gasteiger partial charge < -0.3 is 9.84 Å². The first kappa shape index (κ1) is 13.3. The van der Waals surface area contributed by atoms with Crippen molar-refractivity contribution in [3.63, 3.8) is 0 Å². The minimum absolute atomic E-state index is 0.378. The Hall–Kier alpha value is -1.09. The molecule has 0 bridgehead atoms. The molecule has 1 heterocycles. The summed E-state index contributed by atoms with van der Waals surface area (Å²) in [7, 11) is 0. The second kappa shape index (κ2) is 6.19. The summed E-state index contributed by atoms with van der Waals surface area (Å²) >= 11 is 0. The number of aliphatic hydroxyl groups is 1. The molecule has 3 heteroatoms. The molecule has 0 radical (unpaired) electrons. The van der Waals surface area contributed by atoms with Gasteiger partial charge in [-0.25, -0.2) is 0 Å². The van der Waals surface area contributed by atoms with Crippen molar-refractivity contribution in [2.75, 3.05) is 6.61 Å². The molecule has 1 aromatic rings. The predicted molar refractivity (Wildman–Crippen MR) is 71.5 cm³/mol. The van der Waals surface area contributed by atoms with E-state index in [-0.39, 0.29) is 0 Å². The van der Waals surface area contributed by atoms with Crippen molar-refractivity contribution in [1.29, 1.82) is 0 Å². The summed E-state index contributed by atoms with van der Waals surface area (Å²) in [5, 5.41) is 10.4. The van der Waals surface area contributed by atoms with Crippen molar-refractivity contribution in [3.05, 3.63) is 24.0 Å². The molecule has 100 valence electrons. The van der Waals surface area contributed by atoms with Crippen LogP contribution >= 0.6 is 0 Å². The normalized spacial score (nSPS) is 25.1. The minimum Gasteiger partial charge on any atom is -0.492 e. The highest BCUT2D eigenvalue weighted by molar-refractivity contribution is 5.25.